The lowest BCUT2D eigenvalue weighted by atomic mass is 9.87. The van der Waals surface area contributed by atoms with Gasteiger partial charge in [0.25, 0.3) is 0 Å². The van der Waals surface area contributed by atoms with E-state index in [0.29, 0.717) is 13.1 Å². The van der Waals surface area contributed by atoms with Crippen LogP contribution >= 0.6 is 0 Å². The van der Waals surface area contributed by atoms with E-state index in [-0.39, 0.29) is 10.4 Å². The molecule has 6 heteroatoms. The maximum absolute atomic E-state index is 13.1. The van der Waals surface area contributed by atoms with Crippen LogP contribution in [-0.2, 0) is 10.0 Å². The van der Waals surface area contributed by atoms with E-state index in [1.165, 1.54) is 24.3 Å². The zero-order valence-corrected chi connectivity index (χ0v) is 14.1. The average molecular weight is 338 g/mol. The molecule has 0 N–H and O–H groups in total. The number of rotatable bonds is 4. The van der Waals surface area contributed by atoms with Crippen LogP contribution in [0, 0.1) is 5.82 Å². The maximum atomic E-state index is 13.1. The Morgan fingerprint density at radius 3 is 2.48 bits per heavy atom. The second-order valence-electron chi connectivity index (χ2n) is 6.46. The normalized spacial score (nSPS) is 26.7. The molecule has 1 unspecified atom stereocenters. The van der Waals surface area contributed by atoms with Gasteiger partial charge in [0, 0.05) is 25.2 Å². The van der Waals surface area contributed by atoms with Crippen LogP contribution in [0.5, 0.6) is 0 Å². The first-order chi connectivity index (χ1) is 11.0. The summed E-state index contributed by atoms with van der Waals surface area (Å²) in [5, 5.41) is 0. The van der Waals surface area contributed by atoms with Crippen molar-refractivity contribution >= 4 is 10.0 Å². The SMILES string of the molecule is C=CCN1CCCC12CCCN(S(=O)(=O)c1ccc(F)cc1)C2. The van der Waals surface area contributed by atoms with Crippen molar-refractivity contribution < 1.29 is 12.8 Å². The Balaban J connectivity index is 1.85. The predicted molar refractivity (Wildman–Crippen MR) is 88.1 cm³/mol. The van der Waals surface area contributed by atoms with Gasteiger partial charge in [-0.2, -0.15) is 4.31 Å². The molecular weight excluding hydrogens is 315 g/mol. The van der Waals surface area contributed by atoms with Crippen LogP contribution in [0.25, 0.3) is 0 Å². The lowest BCUT2D eigenvalue weighted by Gasteiger charge is -2.45. The summed E-state index contributed by atoms with van der Waals surface area (Å²) in [7, 11) is -3.57. The van der Waals surface area contributed by atoms with Crippen molar-refractivity contribution in [3.8, 4) is 0 Å². The summed E-state index contributed by atoms with van der Waals surface area (Å²) >= 11 is 0. The minimum atomic E-state index is -3.57. The third kappa shape index (κ3) is 3.07. The zero-order valence-electron chi connectivity index (χ0n) is 13.2. The van der Waals surface area contributed by atoms with Crippen LogP contribution in [0.15, 0.2) is 41.8 Å². The molecule has 2 aliphatic rings. The molecule has 0 aromatic heterocycles. The van der Waals surface area contributed by atoms with Crippen LogP contribution in [0.2, 0.25) is 0 Å². The van der Waals surface area contributed by atoms with Crippen molar-refractivity contribution in [2.45, 2.75) is 36.1 Å². The summed E-state index contributed by atoms with van der Waals surface area (Å²) < 4.78 is 40.4. The summed E-state index contributed by atoms with van der Waals surface area (Å²) in [6.45, 7) is 6.65. The van der Waals surface area contributed by atoms with Crippen LogP contribution in [0.4, 0.5) is 4.39 Å². The van der Waals surface area contributed by atoms with Crippen LogP contribution in [0.1, 0.15) is 25.7 Å². The van der Waals surface area contributed by atoms with E-state index in [9.17, 15) is 12.8 Å². The molecule has 1 aromatic rings. The molecule has 0 aliphatic carbocycles. The second kappa shape index (κ2) is 6.34. The third-order valence-corrected chi connectivity index (χ3v) is 6.92. The van der Waals surface area contributed by atoms with Crippen molar-refractivity contribution in [1.29, 1.82) is 0 Å². The van der Waals surface area contributed by atoms with Crippen molar-refractivity contribution in [3.63, 3.8) is 0 Å². The summed E-state index contributed by atoms with van der Waals surface area (Å²) in [5.41, 5.74) is -0.0699. The van der Waals surface area contributed by atoms with Gasteiger partial charge in [0.15, 0.2) is 0 Å². The Bertz CT molecular complexity index is 674. The highest BCUT2D eigenvalue weighted by Gasteiger charge is 2.45. The summed E-state index contributed by atoms with van der Waals surface area (Å²) in [6.07, 6.45) is 5.89. The number of piperidine rings is 1. The molecule has 2 saturated heterocycles. The van der Waals surface area contributed by atoms with Gasteiger partial charge in [-0.3, -0.25) is 4.90 Å². The van der Waals surface area contributed by atoms with E-state index < -0.39 is 15.8 Å². The maximum Gasteiger partial charge on any atom is 0.243 e. The number of halogens is 1. The molecule has 3 rings (SSSR count). The number of likely N-dealkylation sites (tertiary alicyclic amines) is 1. The van der Waals surface area contributed by atoms with Gasteiger partial charge in [-0.05, 0) is 56.5 Å². The van der Waals surface area contributed by atoms with E-state index in [0.717, 1.165) is 38.8 Å². The molecule has 0 amide bonds. The molecule has 2 aliphatic heterocycles. The van der Waals surface area contributed by atoms with Gasteiger partial charge < -0.3 is 0 Å². The minimum absolute atomic E-state index is 0.0699. The quantitative estimate of drug-likeness (QED) is 0.793. The van der Waals surface area contributed by atoms with Gasteiger partial charge in [-0.15, -0.1) is 6.58 Å². The van der Waals surface area contributed by atoms with E-state index in [1.54, 1.807) is 4.31 Å². The largest absolute Gasteiger partial charge is 0.293 e. The number of nitrogens with zero attached hydrogens (tertiary/aromatic N) is 2. The number of hydrogen-bond acceptors (Lipinski definition) is 3. The molecule has 1 atom stereocenters. The van der Waals surface area contributed by atoms with Crippen LogP contribution in [-0.4, -0.2) is 49.3 Å². The summed E-state index contributed by atoms with van der Waals surface area (Å²) in [6, 6.07) is 5.10. The molecule has 0 bridgehead atoms. The van der Waals surface area contributed by atoms with Gasteiger partial charge in [0.1, 0.15) is 5.82 Å². The van der Waals surface area contributed by atoms with Crippen molar-refractivity contribution in [2.24, 2.45) is 0 Å². The van der Waals surface area contributed by atoms with E-state index >= 15 is 0 Å². The lowest BCUT2D eigenvalue weighted by molar-refractivity contribution is 0.0841. The summed E-state index contributed by atoms with van der Waals surface area (Å²) in [4.78, 5) is 2.54. The molecule has 0 saturated carbocycles. The Morgan fingerprint density at radius 1 is 1.17 bits per heavy atom. The first kappa shape index (κ1) is 16.6. The highest BCUT2D eigenvalue weighted by atomic mass is 32.2. The fourth-order valence-corrected chi connectivity index (χ4v) is 5.49. The third-order valence-electron chi connectivity index (χ3n) is 5.06. The minimum Gasteiger partial charge on any atom is -0.293 e. The molecular formula is C17H23FN2O2S. The Kier molecular flexibility index (Phi) is 4.58. The highest BCUT2D eigenvalue weighted by molar-refractivity contribution is 7.89. The fraction of sp³-hybridized carbons (Fsp3) is 0.529. The molecule has 1 aromatic carbocycles. The van der Waals surface area contributed by atoms with E-state index in [4.69, 9.17) is 0 Å². The second-order valence-corrected chi connectivity index (χ2v) is 8.40. The van der Waals surface area contributed by atoms with Crippen molar-refractivity contribution in [3.05, 3.63) is 42.7 Å². The molecule has 4 nitrogen and oxygen atoms in total. The van der Waals surface area contributed by atoms with Crippen LogP contribution in [0.3, 0.4) is 0 Å². The van der Waals surface area contributed by atoms with Gasteiger partial charge in [0.2, 0.25) is 10.0 Å². The topological polar surface area (TPSA) is 40.6 Å². The molecule has 2 fully saturated rings. The Hall–Kier alpha value is -1.24. The lowest BCUT2D eigenvalue weighted by Crippen LogP contribution is -2.56. The molecule has 1 spiro atoms. The standard InChI is InChI=1S/C17H23FN2O2S/c1-2-11-19-12-3-9-17(19)10-4-13-20(14-17)23(21,22)16-7-5-15(18)6-8-16/h2,5-8H,1,3-4,9-14H2. The summed E-state index contributed by atoms with van der Waals surface area (Å²) in [5.74, 6) is -0.424. The Labute approximate surface area is 137 Å². The first-order valence-corrected chi connectivity index (χ1v) is 9.54. The number of hydrogen-bond donors (Lipinski definition) is 0. The predicted octanol–water partition coefficient (Wildman–Crippen LogP) is 2.63. The zero-order chi connectivity index (χ0) is 16.5. The van der Waals surface area contributed by atoms with Gasteiger partial charge in [0.05, 0.1) is 4.90 Å². The molecule has 23 heavy (non-hydrogen) atoms. The van der Waals surface area contributed by atoms with Crippen LogP contribution < -0.4 is 0 Å². The molecule has 0 radical (unpaired) electrons. The fourth-order valence-electron chi connectivity index (χ4n) is 3.93. The van der Waals surface area contributed by atoms with Gasteiger partial charge in [-0.1, -0.05) is 6.08 Å². The number of benzene rings is 1. The first-order valence-electron chi connectivity index (χ1n) is 8.10. The Morgan fingerprint density at radius 2 is 1.83 bits per heavy atom. The molecule has 126 valence electrons. The van der Waals surface area contributed by atoms with Gasteiger partial charge in [-0.25, -0.2) is 12.8 Å². The monoisotopic (exact) mass is 338 g/mol. The van der Waals surface area contributed by atoms with Crippen molar-refractivity contribution in [2.75, 3.05) is 26.2 Å². The van der Waals surface area contributed by atoms with Crippen molar-refractivity contribution in [1.82, 2.24) is 9.21 Å². The highest BCUT2D eigenvalue weighted by Crippen LogP contribution is 2.38. The van der Waals surface area contributed by atoms with Gasteiger partial charge >= 0.3 is 0 Å². The van der Waals surface area contributed by atoms with E-state index in [2.05, 4.69) is 11.5 Å². The molecule has 2 heterocycles. The number of sulfonamides is 1. The average Bonchev–Trinajstić information content (AvgIpc) is 2.90. The van der Waals surface area contributed by atoms with E-state index in [1.807, 2.05) is 6.08 Å². The smallest absolute Gasteiger partial charge is 0.243 e.